The van der Waals surface area contributed by atoms with Gasteiger partial charge < -0.3 is 0 Å². The largest absolute Gasteiger partial charge is 0.261 e. The summed E-state index contributed by atoms with van der Waals surface area (Å²) in [5, 5.41) is 0. The molecule has 0 saturated heterocycles. The van der Waals surface area contributed by atoms with Crippen LogP contribution in [0.4, 0.5) is 0 Å². The molecule has 0 atom stereocenters. The van der Waals surface area contributed by atoms with Gasteiger partial charge in [0.2, 0.25) is 0 Å². The Balaban J connectivity index is 1.57. The van der Waals surface area contributed by atoms with E-state index in [4.69, 9.17) is 0 Å². The van der Waals surface area contributed by atoms with Gasteiger partial charge in [-0.25, -0.2) is 0 Å². The average Bonchev–Trinajstić information content (AvgIpc) is 2.74. The van der Waals surface area contributed by atoms with E-state index in [0.717, 1.165) is 29.8 Å². The fraction of sp³-hybridized carbons (Fsp3) is 0.0833. The molecule has 2 aromatic heterocycles. The quantitative estimate of drug-likeness (QED) is 0.474. The van der Waals surface area contributed by atoms with Gasteiger partial charge in [0, 0.05) is 23.7 Å². The van der Waals surface area contributed by atoms with E-state index in [-0.39, 0.29) is 0 Å². The summed E-state index contributed by atoms with van der Waals surface area (Å²) >= 11 is 0. The first-order valence-electron chi connectivity index (χ1n) is 8.89. The van der Waals surface area contributed by atoms with Crippen LogP contribution in [0.1, 0.15) is 11.3 Å². The Morgan fingerprint density at radius 3 is 2.04 bits per heavy atom. The Bertz CT molecular complexity index is 979. The van der Waals surface area contributed by atoms with Crippen molar-refractivity contribution in [3.8, 4) is 22.4 Å². The summed E-state index contributed by atoms with van der Waals surface area (Å²) in [6, 6.07) is 29.4. The molecule has 0 amide bonds. The molecule has 0 aliphatic carbocycles. The van der Waals surface area contributed by atoms with Gasteiger partial charge in [-0.3, -0.25) is 9.97 Å². The second kappa shape index (κ2) is 7.75. The maximum absolute atomic E-state index is 4.46. The van der Waals surface area contributed by atoms with E-state index in [2.05, 4.69) is 64.6 Å². The first-order chi connectivity index (χ1) is 12.9. The highest BCUT2D eigenvalue weighted by molar-refractivity contribution is 5.71. The topological polar surface area (TPSA) is 25.8 Å². The van der Waals surface area contributed by atoms with Crippen LogP contribution in [-0.4, -0.2) is 9.97 Å². The van der Waals surface area contributed by atoms with E-state index < -0.39 is 0 Å². The molecule has 0 aliphatic heterocycles. The highest BCUT2D eigenvalue weighted by Gasteiger charge is 2.04. The number of hydrogen-bond acceptors (Lipinski definition) is 2. The van der Waals surface area contributed by atoms with Gasteiger partial charge in [0.15, 0.2) is 0 Å². The van der Waals surface area contributed by atoms with E-state index in [9.17, 15) is 0 Å². The number of nitrogens with zero attached hydrogens (tertiary/aromatic N) is 2. The predicted octanol–water partition coefficient (Wildman–Crippen LogP) is 5.60. The maximum atomic E-state index is 4.46. The first kappa shape index (κ1) is 16.2. The lowest BCUT2D eigenvalue weighted by molar-refractivity contribution is 0.914. The minimum Gasteiger partial charge on any atom is -0.261 e. The van der Waals surface area contributed by atoms with Crippen molar-refractivity contribution in [3.05, 3.63) is 109 Å². The Kier molecular flexibility index (Phi) is 4.83. The highest BCUT2D eigenvalue weighted by atomic mass is 14.7. The van der Waals surface area contributed by atoms with Crippen LogP contribution in [0.3, 0.4) is 0 Å². The fourth-order valence-corrected chi connectivity index (χ4v) is 3.12. The maximum Gasteiger partial charge on any atom is 0.0702 e. The highest BCUT2D eigenvalue weighted by Crippen LogP contribution is 2.26. The predicted molar refractivity (Wildman–Crippen MR) is 107 cm³/mol. The minimum atomic E-state index is 0.957. The first-order valence-corrected chi connectivity index (χ1v) is 8.89. The van der Waals surface area contributed by atoms with E-state index in [1.165, 1.54) is 16.7 Å². The van der Waals surface area contributed by atoms with Crippen LogP contribution in [0.2, 0.25) is 0 Å². The summed E-state index contributed by atoms with van der Waals surface area (Å²) in [5.74, 6) is 0. The lowest BCUT2D eigenvalue weighted by Crippen LogP contribution is -1.94. The molecule has 0 unspecified atom stereocenters. The summed E-state index contributed by atoms with van der Waals surface area (Å²) < 4.78 is 0. The number of pyridine rings is 2. The molecule has 0 N–H and O–H groups in total. The molecule has 2 aromatic carbocycles. The van der Waals surface area contributed by atoms with Crippen LogP contribution < -0.4 is 0 Å². The van der Waals surface area contributed by atoms with E-state index in [1.54, 1.807) is 0 Å². The van der Waals surface area contributed by atoms with Crippen molar-refractivity contribution < 1.29 is 0 Å². The molecular formula is C24H20N2. The molecule has 0 saturated carbocycles. The zero-order chi connectivity index (χ0) is 17.6. The lowest BCUT2D eigenvalue weighted by atomic mass is 9.98. The standard InChI is InChI=1S/C24H20N2/c1-3-15-25-23(11-1)14-13-19-7-5-8-20(17-19)21-9-6-10-22(18-21)24-12-2-4-16-26-24/h1-12,15-18H,13-14H2. The van der Waals surface area contributed by atoms with Gasteiger partial charge >= 0.3 is 0 Å². The Hall–Kier alpha value is -3.26. The number of aryl methyl sites for hydroxylation is 2. The molecular weight excluding hydrogens is 316 g/mol. The Labute approximate surface area is 154 Å². The molecule has 0 spiro atoms. The Morgan fingerprint density at radius 2 is 1.27 bits per heavy atom. The summed E-state index contributed by atoms with van der Waals surface area (Å²) in [7, 11) is 0. The second-order valence-corrected chi connectivity index (χ2v) is 6.32. The number of benzene rings is 2. The zero-order valence-corrected chi connectivity index (χ0v) is 14.5. The van der Waals surface area contributed by atoms with E-state index in [0.29, 0.717) is 0 Å². The summed E-state index contributed by atoms with van der Waals surface area (Å²) in [6.07, 6.45) is 5.64. The Morgan fingerprint density at radius 1 is 0.538 bits per heavy atom. The van der Waals surface area contributed by atoms with Crippen molar-refractivity contribution in [2.24, 2.45) is 0 Å². The SMILES string of the molecule is c1ccc(CCc2cccc(-c3cccc(-c4ccccn4)c3)c2)nc1. The van der Waals surface area contributed by atoms with Crippen molar-refractivity contribution in [2.75, 3.05) is 0 Å². The fourth-order valence-electron chi connectivity index (χ4n) is 3.12. The minimum absolute atomic E-state index is 0.957. The molecule has 0 bridgehead atoms. The molecule has 2 heterocycles. The van der Waals surface area contributed by atoms with Crippen molar-refractivity contribution in [2.45, 2.75) is 12.8 Å². The molecule has 0 radical (unpaired) electrons. The van der Waals surface area contributed by atoms with Crippen molar-refractivity contribution >= 4 is 0 Å². The third-order valence-electron chi connectivity index (χ3n) is 4.48. The summed E-state index contributed by atoms with van der Waals surface area (Å²) in [5.41, 5.74) is 7.06. The smallest absolute Gasteiger partial charge is 0.0702 e. The van der Waals surface area contributed by atoms with Crippen LogP contribution in [0.5, 0.6) is 0 Å². The second-order valence-electron chi connectivity index (χ2n) is 6.32. The van der Waals surface area contributed by atoms with Crippen LogP contribution in [0.25, 0.3) is 22.4 Å². The van der Waals surface area contributed by atoms with Crippen molar-refractivity contribution in [3.63, 3.8) is 0 Å². The van der Waals surface area contributed by atoms with Crippen LogP contribution in [0, 0.1) is 0 Å². The van der Waals surface area contributed by atoms with Crippen LogP contribution >= 0.6 is 0 Å². The molecule has 4 rings (SSSR count). The van der Waals surface area contributed by atoms with Gasteiger partial charge in [-0.05, 0) is 59.9 Å². The molecule has 2 nitrogen and oxygen atoms in total. The monoisotopic (exact) mass is 336 g/mol. The average molecular weight is 336 g/mol. The van der Waals surface area contributed by atoms with E-state index in [1.807, 2.05) is 42.7 Å². The van der Waals surface area contributed by atoms with Gasteiger partial charge in [0.05, 0.1) is 5.69 Å². The molecule has 0 fully saturated rings. The molecule has 126 valence electrons. The van der Waals surface area contributed by atoms with E-state index >= 15 is 0 Å². The number of aromatic nitrogens is 2. The summed E-state index contributed by atoms with van der Waals surface area (Å²) in [6.45, 7) is 0. The van der Waals surface area contributed by atoms with Gasteiger partial charge in [-0.2, -0.15) is 0 Å². The molecule has 26 heavy (non-hydrogen) atoms. The zero-order valence-electron chi connectivity index (χ0n) is 14.5. The van der Waals surface area contributed by atoms with Crippen molar-refractivity contribution in [1.82, 2.24) is 9.97 Å². The number of rotatable bonds is 5. The van der Waals surface area contributed by atoms with Gasteiger partial charge in [-0.15, -0.1) is 0 Å². The normalized spacial score (nSPS) is 10.6. The third-order valence-corrected chi connectivity index (χ3v) is 4.48. The van der Waals surface area contributed by atoms with Crippen LogP contribution in [0.15, 0.2) is 97.3 Å². The third kappa shape index (κ3) is 3.86. The molecule has 2 heteroatoms. The van der Waals surface area contributed by atoms with Gasteiger partial charge in [0.1, 0.15) is 0 Å². The van der Waals surface area contributed by atoms with Gasteiger partial charge in [0.25, 0.3) is 0 Å². The lowest BCUT2D eigenvalue weighted by Gasteiger charge is -2.08. The van der Waals surface area contributed by atoms with Gasteiger partial charge in [-0.1, -0.05) is 54.6 Å². The number of hydrogen-bond donors (Lipinski definition) is 0. The molecule has 0 aliphatic rings. The summed E-state index contributed by atoms with van der Waals surface area (Å²) in [4.78, 5) is 8.87. The van der Waals surface area contributed by atoms with Crippen molar-refractivity contribution in [1.29, 1.82) is 0 Å². The van der Waals surface area contributed by atoms with Crippen LogP contribution in [-0.2, 0) is 12.8 Å². The molecule has 4 aromatic rings.